The van der Waals surface area contributed by atoms with Crippen molar-refractivity contribution in [2.24, 2.45) is 0 Å². The van der Waals surface area contributed by atoms with Gasteiger partial charge in [-0.1, -0.05) is 12.1 Å². The minimum Gasteiger partial charge on any atom is -0.394 e. The highest BCUT2D eigenvalue weighted by molar-refractivity contribution is 5.92. The van der Waals surface area contributed by atoms with Gasteiger partial charge in [-0.2, -0.15) is 0 Å². The first-order valence-corrected chi connectivity index (χ1v) is 5.63. The molecule has 1 aliphatic rings. The summed E-state index contributed by atoms with van der Waals surface area (Å²) >= 11 is 0. The summed E-state index contributed by atoms with van der Waals surface area (Å²) in [5, 5.41) is 15.4. The smallest absolute Gasteiger partial charge is 0.273 e. The number of aliphatic hydroxyl groups is 1. The fourth-order valence-corrected chi connectivity index (χ4v) is 1.49. The van der Waals surface area contributed by atoms with E-state index in [0.29, 0.717) is 18.0 Å². The van der Waals surface area contributed by atoms with E-state index in [1.807, 2.05) is 6.92 Å². The van der Waals surface area contributed by atoms with Gasteiger partial charge >= 0.3 is 0 Å². The predicted molar refractivity (Wildman–Crippen MR) is 57.1 cm³/mol. The SMILES string of the molecule is CCC(CO)NC(=O)c1cc(C2CC2)on1. The molecule has 2 rings (SSSR count). The zero-order valence-corrected chi connectivity index (χ0v) is 9.27. The third-order valence-electron chi connectivity index (χ3n) is 2.79. The Morgan fingerprint density at radius 3 is 3.06 bits per heavy atom. The minimum atomic E-state index is -0.281. The Morgan fingerprint density at radius 2 is 2.50 bits per heavy atom. The molecule has 2 N–H and O–H groups in total. The summed E-state index contributed by atoms with van der Waals surface area (Å²) in [6.07, 6.45) is 2.92. The van der Waals surface area contributed by atoms with Gasteiger partial charge in [-0.15, -0.1) is 0 Å². The lowest BCUT2D eigenvalue weighted by Gasteiger charge is -2.11. The zero-order valence-electron chi connectivity index (χ0n) is 9.27. The number of rotatable bonds is 5. The quantitative estimate of drug-likeness (QED) is 0.784. The lowest BCUT2D eigenvalue weighted by Crippen LogP contribution is -2.37. The zero-order chi connectivity index (χ0) is 11.5. The number of carbonyl (C=O) groups is 1. The lowest BCUT2D eigenvalue weighted by atomic mass is 10.2. The third-order valence-corrected chi connectivity index (χ3v) is 2.79. The van der Waals surface area contributed by atoms with E-state index in [-0.39, 0.29) is 18.6 Å². The van der Waals surface area contributed by atoms with Gasteiger partial charge in [0, 0.05) is 12.0 Å². The van der Waals surface area contributed by atoms with Gasteiger partial charge in [-0.25, -0.2) is 0 Å². The molecule has 1 heterocycles. The molecule has 1 saturated carbocycles. The molecule has 0 aliphatic heterocycles. The van der Waals surface area contributed by atoms with E-state index < -0.39 is 0 Å². The van der Waals surface area contributed by atoms with E-state index in [9.17, 15) is 4.79 Å². The van der Waals surface area contributed by atoms with Crippen molar-refractivity contribution in [1.29, 1.82) is 0 Å². The van der Waals surface area contributed by atoms with Crippen molar-refractivity contribution < 1.29 is 14.4 Å². The lowest BCUT2D eigenvalue weighted by molar-refractivity contribution is 0.0905. The maximum Gasteiger partial charge on any atom is 0.273 e. The molecule has 0 spiro atoms. The highest BCUT2D eigenvalue weighted by atomic mass is 16.5. The fraction of sp³-hybridized carbons (Fsp3) is 0.636. The molecule has 5 heteroatoms. The van der Waals surface area contributed by atoms with E-state index in [2.05, 4.69) is 10.5 Å². The van der Waals surface area contributed by atoms with Crippen LogP contribution in [0.2, 0.25) is 0 Å². The summed E-state index contributed by atoms with van der Waals surface area (Å²) in [5.74, 6) is 0.965. The van der Waals surface area contributed by atoms with Crippen LogP contribution in [0.4, 0.5) is 0 Å². The molecule has 0 radical (unpaired) electrons. The van der Waals surface area contributed by atoms with Crippen molar-refractivity contribution in [3.63, 3.8) is 0 Å². The molecular formula is C11H16N2O3. The average Bonchev–Trinajstić information content (AvgIpc) is 3.03. The summed E-state index contributed by atoms with van der Waals surface area (Å²) in [7, 11) is 0. The van der Waals surface area contributed by atoms with Crippen LogP contribution in [0.1, 0.15) is 48.4 Å². The van der Waals surface area contributed by atoms with Crippen LogP contribution >= 0.6 is 0 Å². The van der Waals surface area contributed by atoms with Gasteiger partial charge in [0.1, 0.15) is 5.76 Å². The monoisotopic (exact) mass is 224 g/mol. The number of aliphatic hydroxyl groups excluding tert-OH is 1. The first kappa shape index (κ1) is 11.1. The number of amides is 1. The van der Waals surface area contributed by atoms with Crippen molar-refractivity contribution in [2.75, 3.05) is 6.61 Å². The van der Waals surface area contributed by atoms with Crippen LogP contribution in [0, 0.1) is 0 Å². The summed E-state index contributed by atoms with van der Waals surface area (Å²) < 4.78 is 5.09. The Labute approximate surface area is 93.8 Å². The molecule has 1 atom stereocenters. The first-order chi connectivity index (χ1) is 7.74. The predicted octanol–water partition coefficient (Wildman–Crippen LogP) is 1.05. The van der Waals surface area contributed by atoms with E-state index in [1.54, 1.807) is 6.07 Å². The second kappa shape index (κ2) is 4.65. The first-order valence-electron chi connectivity index (χ1n) is 5.63. The minimum absolute atomic E-state index is 0.0599. The number of carbonyl (C=O) groups excluding carboxylic acids is 1. The van der Waals surface area contributed by atoms with Gasteiger partial charge in [-0.3, -0.25) is 4.79 Å². The fourth-order valence-electron chi connectivity index (χ4n) is 1.49. The van der Waals surface area contributed by atoms with Crippen LogP contribution in [0.3, 0.4) is 0 Å². The summed E-state index contributed by atoms with van der Waals surface area (Å²) in [6.45, 7) is 1.84. The molecule has 1 fully saturated rings. The molecule has 1 aromatic rings. The second-order valence-corrected chi connectivity index (χ2v) is 4.15. The Hall–Kier alpha value is -1.36. The van der Waals surface area contributed by atoms with Crippen LogP contribution in [-0.2, 0) is 0 Å². The van der Waals surface area contributed by atoms with Crippen LogP contribution in [0.15, 0.2) is 10.6 Å². The van der Waals surface area contributed by atoms with E-state index in [0.717, 1.165) is 18.6 Å². The number of nitrogens with one attached hydrogen (secondary N) is 1. The van der Waals surface area contributed by atoms with Gasteiger partial charge in [0.25, 0.3) is 5.91 Å². The van der Waals surface area contributed by atoms with Crippen molar-refractivity contribution in [3.05, 3.63) is 17.5 Å². The molecule has 0 aromatic carbocycles. The molecule has 1 amide bonds. The maximum absolute atomic E-state index is 11.7. The molecular weight excluding hydrogens is 208 g/mol. The molecule has 0 bridgehead atoms. The second-order valence-electron chi connectivity index (χ2n) is 4.15. The van der Waals surface area contributed by atoms with Crippen molar-refractivity contribution in [2.45, 2.75) is 38.1 Å². The Morgan fingerprint density at radius 1 is 1.75 bits per heavy atom. The van der Waals surface area contributed by atoms with E-state index in [4.69, 9.17) is 9.63 Å². The maximum atomic E-state index is 11.7. The Kier molecular flexibility index (Phi) is 3.24. The highest BCUT2D eigenvalue weighted by Crippen LogP contribution is 2.40. The van der Waals surface area contributed by atoms with E-state index >= 15 is 0 Å². The highest BCUT2D eigenvalue weighted by Gasteiger charge is 2.29. The van der Waals surface area contributed by atoms with Crippen LogP contribution < -0.4 is 5.32 Å². The molecule has 1 aliphatic carbocycles. The van der Waals surface area contributed by atoms with Crippen LogP contribution in [0.5, 0.6) is 0 Å². The summed E-state index contributed by atoms with van der Waals surface area (Å²) in [6, 6.07) is 1.48. The number of aromatic nitrogens is 1. The largest absolute Gasteiger partial charge is 0.394 e. The van der Waals surface area contributed by atoms with E-state index in [1.165, 1.54) is 0 Å². The molecule has 88 valence electrons. The molecule has 5 nitrogen and oxygen atoms in total. The topological polar surface area (TPSA) is 75.4 Å². The number of hydrogen-bond acceptors (Lipinski definition) is 4. The van der Waals surface area contributed by atoms with Gasteiger partial charge < -0.3 is 14.9 Å². The van der Waals surface area contributed by atoms with Gasteiger partial charge in [0.15, 0.2) is 5.69 Å². The Bertz CT molecular complexity index is 367. The van der Waals surface area contributed by atoms with Gasteiger partial charge in [0.2, 0.25) is 0 Å². The standard InChI is InChI=1S/C11H16N2O3/c1-2-8(6-14)12-11(15)9-5-10(16-13-9)7-3-4-7/h5,7-8,14H,2-4,6H2,1H3,(H,12,15). The molecule has 1 aromatic heterocycles. The van der Waals surface area contributed by atoms with Crippen LogP contribution in [0.25, 0.3) is 0 Å². The molecule has 16 heavy (non-hydrogen) atoms. The molecule has 1 unspecified atom stereocenters. The Balaban J connectivity index is 1.96. The number of nitrogens with zero attached hydrogens (tertiary/aromatic N) is 1. The summed E-state index contributed by atoms with van der Waals surface area (Å²) in [4.78, 5) is 11.7. The molecule has 0 saturated heterocycles. The third kappa shape index (κ3) is 2.41. The number of hydrogen-bond donors (Lipinski definition) is 2. The average molecular weight is 224 g/mol. The normalized spacial score (nSPS) is 17.1. The van der Waals surface area contributed by atoms with Crippen molar-refractivity contribution >= 4 is 5.91 Å². The van der Waals surface area contributed by atoms with Gasteiger partial charge in [-0.05, 0) is 19.3 Å². The van der Waals surface area contributed by atoms with Crippen molar-refractivity contribution in [3.8, 4) is 0 Å². The van der Waals surface area contributed by atoms with Gasteiger partial charge in [0.05, 0.1) is 12.6 Å². The van der Waals surface area contributed by atoms with Crippen molar-refractivity contribution in [1.82, 2.24) is 10.5 Å². The van der Waals surface area contributed by atoms with Crippen LogP contribution in [-0.4, -0.2) is 28.8 Å². The summed E-state index contributed by atoms with van der Waals surface area (Å²) in [5.41, 5.74) is 0.300.